The fraction of sp³-hybridized carbons (Fsp3) is 0.565. The zero-order valence-electron chi connectivity index (χ0n) is 18.2. The summed E-state index contributed by atoms with van der Waals surface area (Å²) in [4.78, 5) is 29.3. The summed E-state index contributed by atoms with van der Waals surface area (Å²) in [6.45, 7) is 6.45. The number of hydrogen-bond acceptors (Lipinski definition) is 6. The highest BCUT2D eigenvalue weighted by Gasteiger charge is 2.43. The van der Waals surface area contributed by atoms with Crippen LogP contribution in [-0.2, 0) is 20.7 Å². The van der Waals surface area contributed by atoms with Gasteiger partial charge in [0.05, 0.1) is 7.11 Å². The number of nitrogens with one attached hydrogen (secondary N) is 1. The first-order valence-electron chi connectivity index (χ1n) is 10.7. The molecule has 1 saturated carbocycles. The predicted octanol–water partition coefficient (Wildman–Crippen LogP) is 4.03. The van der Waals surface area contributed by atoms with Crippen molar-refractivity contribution >= 4 is 11.9 Å². The molecule has 2 aromatic rings. The molecule has 0 atom stereocenters. The fourth-order valence-corrected chi connectivity index (χ4v) is 3.87. The largest absolute Gasteiger partial charge is 0.467 e. The molecular formula is C23H31N3O4. The van der Waals surface area contributed by atoms with Gasteiger partial charge in [-0.25, -0.2) is 4.79 Å². The van der Waals surface area contributed by atoms with E-state index in [0.29, 0.717) is 42.8 Å². The van der Waals surface area contributed by atoms with Crippen molar-refractivity contribution in [1.82, 2.24) is 15.5 Å². The first-order valence-corrected chi connectivity index (χ1v) is 10.7. The Kier molecular flexibility index (Phi) is 6.90. The number of ether oxygens (including phenoxy) is 1. The number of esters is 1. The second-order valence-electron chi connectivity index (χ2n) is 8.59. The van der Waals surface area contributed by atoms with Crippen LogP contribution in [0.4, 0.5) is 0 Å². The summed E-state index contributed by atoms with van der Waals surface area (Å²) in [6, 6.07) is 8.06. The molecule has 0 saturated heterocycles. The molecule has 1 aromatic heterocycles. The Morgan fingerprint density at radius 2 is 1.90 bits per heavy atom. The summed E-state index contributed by atoms with van der Waals surface area (Å²) in [5.74, 6) is 1.33. The maximum Gasteiger partial charge on any atom is 0.331 e. The molecule has 3 rings (SSSR count). The van der Waals surface area contributed by atoms with Crippen LogP contribution >= 0.6 is 0 Å². The molecule has 0 radical (unpaired) electrons. The minimum absolute atomic E-state index is 0.169. The van der Waals surface area contributed by atoms with Crippen molar-refractivity contribution in [2.45, 2.75) is 70.8 Å². The lowest BCUT2D eigenvalue weighted by atomic mass is 9.77. The van der Waals surface area contributed by atoms with E-state index in [1.807, 2.05) is 12.1 Å². The third-order valence-electron chi connectivity index (χ3n) is 5.95. The van der Waals surface area contributed by atoms with Gasteiger partial charge >= 0.3 is 5.97 Å². The Morgan fingerprint density at radius 1 is 1.23 bits per heavy atom. The Balaban J connectivity index is 1.59. The molecule has 1 aromatic carbocycles. The van der Waals surface area contributed by atoms with Crippen LogP contribution in [-0.4, -0.2) is 34.7 Å². The van der Waals surface area contributed by atoms with Crippen LogP contribution < -0.4 is 5.32 Å². The lowest BCUT2D eigenvalue weighted by Crippen LogP contribution is -2.56. The fourth-order valence-electron chi connectivity index (χ4n) is 3.87. The van der Waals surface area contributed by atoms with Crippen molar-refractivity contribution in [3.8, 4) is 11.4 Å². The number of amides is 1. The molecule has 0 unspecified atom stereocenters. The predicted molar refractivity (Wildman–Crippen MR) is 113 cm³/mol. The summed E-state index contributed by atoms with van der Waals surface area (Å²) in [6.07, 6.45) is 3.46. The maximum absolute atomic E-state index is 12.6. The van der Waals surface area contributed by atoms with Gasteiger partial charge in [0.25, 0.3) is 0 Å². The highest BCUT2D eigenvalue weighted by Crippen LogP contribution is 2.33. The van der Waals surface area contributed by atoms with Gasteiger partial charge in [0, 0.05) is 18.4 Å². The lowest BCUT2D eigenvalue weighted by Gasteiger charge is -2.37. The van der Waals surface area contributed by atoms with E-state index in [0.717, 1.165) is 18.4 Å². The second kappa shape index (κ2) is 9.41. The highest BCUT2D eigenvalue weighted by atomic mass is 16.5. The molecule has 0 aliphatic heterocycles. The average molecular weight is 414 g/mol. The van der Waals surface area contributed by atoms with Crippen molar-refractivity contribution < 1.29 is 18.8 Å². The molecule has 1 fully saturated rings. The van der Waals surface area contributed by atoms with E-state index < -0.39 is 5.54 Å². The Morgan fingerprint density at radius 3 is 2.50 bits per heavy atom. The molecule has 7 nitrogen and oxygen atoms in total. The molecule has 0 bridgehead atoms. The van der Waals surface area contributed by atoms with Gasteiger partial charge in [-0.2, -0.15) is 4.98 Å². The molecule has 0 spiro atoms. The van der Waals surface area contributed by atoms with Gasteiger partial charge in [0.2, 0.25) is 17.6 Å². The average Bonchev–Trinajstić information content (AvgIpc) is 3.22. The van der Waals surface area contributed by atoms with Gasteiger partial charge in [0.1, 0.15) is 5.54 Å². The number of hydrogen-bond donors (Lipinski definition) is 1. The zero-order valence-corrected chi connectivity index (χ0v) is 18.2. The first kappa shape index (κ1) is 22.0. The summed E-state index contributed by atoms with van der Waals surface area (Å²) in [7, 11) is 1.36. The van der Waals surface area contributed by atoms with Crippen molar-refractivity contribution in [3.63, 3.8) is 0 Å². The third kappa shape index (κ3) is 5.07. The monoisotopic (exact) mass is 413 g/mol. The van der Waals surface area contributed by atoms with E-state index in [4.69, 9.17) is 9.26 Å². The van der Waals surface area contributed by atoms with E-state index in [-0.39, 0.29) is 18.3 Å². The number of aromatic nitrogens is 2. The molecule has 1 aliphatic carbocycles. The third-order valence-corrected chi connectivity index (χ3v) is 5.95. The smallest absolute Gasteiger partial charge is 0.331 e. The second-order valence-corrected chi connectivity index (χ2v) is 8.59. The van der Waals surface area contributed by atoms with Crippen molar-refractivity contribution in [3.05, 3.63) is 35.7 Å². The van der Waals surface area contributed by atoms with Crippen LogP contribution in [0.3, 0.4) is 0 Å². The van der Waals surface area contributed by atoms with E-state index in [1.54, 1.807) is 0 Å². The summed E-state index contributed by atoms with van der Waals surface area (Å²) >= 11 is 0. The summed E-state index contributed by atoms with van der Waals surface area (Å²) in [5, 5.41) is 6.95. The van der Waals surface area contributed by atoms with E-state index in [1.165, 1.54) is 12.7 Å². The number of carbonyl (C=O) groups excluding carboxylic acids is 2. The van der Waals surface area contributed by atoms with Crippen LogP contribution in [0.1, 0.15) is 70.2 Å². The van der Waals surface area contributed by atoms with Crippen LogP contribution in [0.25, 0.3) is 11.4 Å². The van der Waals surface area contributed by atoms with Gasteiger partial charge in [-0.3, -0.25) is 4.79 Å². The number of methoxy groups -OCH3 is 1. The number of benzene rings is 1. The van der Waals surface area contributed by atoms with Crippen molar-refractivity contribution in [2.75, 3.05) is 7.11 Å². The maximum atomic E-state index is 12.6. The number of rotatable bonds is 7. The van der Waals surface area contributed by atoms with Crippen molar-refractivity contribution in [2.24, 2.45) is 5.92 Å². The Bertz CT molecular complexity index is 865. The van der Waals surface area contributed by atoms with Crippen LogP contribution in [0.2, 0.25) is 0 Å². The number of carbonyl (C=O) groups is 2. The normalized spacial score (nSPS) is 21.4. The topological polar surface area (TPSA) is 94.3 Å². The van der Waals surface area contributed by atoms with Crippen LogP contribution in [0.15, 0.2) is 28.8 Å². The SMILES string of the molecule is COC(=O)C1(NC(=O)CCc2nc(-c3ccc(C(C)C)cc3)no2)CCC(C)CC1. The quantitative estimate of drug-likeness (QED) is 0.689. The van der Waals surface area contributed by atoms with Gasteiger partial charge < -0.3 is 14.6 Å². The van der Waals surface area contributed by atoms with Gasteiger partial charge in [-0.1, -0.05) is 50.2 Å². The summed E-state index contributed by atoms with van der Waals surface area (Å²) < 4.78 is 10.3. The lowest BCUT2D eigenvalue weighted by molar-refractivity contribution is -0.153. The minimum Gasteiger partial charge on any atom is -0.467 e. The van der Waals surface area contributed by atoms with E-state index >= 15 is 0 Å². The molecule has 30 heavy (non-hydrogen) atoms. The molecule has 162 valence electrons. The highest BCUT2D eigenvalue weighted by molar-refractivity contribution is 5.88. The Labute approximate surface area is 177 Å². The number of nitrogens with zero attached hydrogens (tertiary/aromatic N) is 2. The van der Waals surface area contributed by atoms with Gasteiger partial charge in [-0.15, -0.1) is 0 Å². The molecular weight excluding hydrogens is 382 g/mol. The molecule has 1 heterocycles. The molecule has 1 amide bonds. The van der Waals surface area contributed by atoms with E-state index in [9.17, 15) is 9.59 Å². The minimum atomic E-state index is -0.920. The standard InChI is InChI=1S/C23H31N3O4/c1-15(2)17-5-7-18(8-6-17)21-24-20(30-26-21)10-9-19(27)25-23(22(28)29-4)13-11-16(3)12-14-23/h5-8,15-16H,9-14H2,1-4H3,(H,25,27). The Hall–Kier alpha value is -2.70. The van der Waals surface area contributed by atoms with Gasteiger partial charge in [-0.05, 0) is 43.1 Å². The van der Waals surface area contributed by atoms with E-state index in [2.05, 4.69) is 48.4 Å². The van der Waals surface area contributed by atoms with Crippen molar-refractivity contribution in [1.29, 1.82) is 0 Å². The van der Waals surface area contributed by atoms with Crippen LogP contribution in [0.5, 0.6) is 0 Å². The molecule has 1 aliphatic rings. The molecule has 1 N–H and O–H groups in total. The van der Waals surface area contributed by atoms with Crippen LogP contribution in [0, 0.1) is 5.92 Å². The molecule has 7 heteroatoms. The zero-order chi connectivity index (χ0) is 21.7. The summed E-state index contributed by atoms with van der Waals surface area (Å²) in [5.41, 5.74) is 1.20. The van der Waals surface area contributed by atoms with Gasteiger partial charge in [0.15, 0.2) is 0 Å². The number of aryl methyl sites for hydroxylation is 1. The first-order chi connectivity index (χ1) is 14.3.